The minimum Gasteiger partial charge on any atom is -0.395 e. The number of alkyl halides is 3. The van der Waals surface area contributed by atoms with Crippen molar-refractivity contribution in [1.82, 2.24) is 8.87 Å². The molecule has 2 rings (SSSR count). The molecule has 2 aromatic rings. The lowest BCUT2D eigenvalue weighted by atomic mass is 10.1. The molecule has 0 saturated heterocycles. The molecular weight excluding hydrogens is 389 g/mol. The maximum Gasteiger partial charge on any atom is 0.408 e. The second kappa shape index (κ2) is 8.94. The van der Waals surface area contributed by atoms with Gasteiger partial charge in [-0.1, -0.05) is 30.7 Å². The first kappa shape index (κ1) is 20.8. The predicted octanol–water partition coefficient (Wildman–Crippen LogP) is 4.13. The van der Waals surface area contributed by atoms with Gasteiger partial charge in [0.2, 0.25) is 0 Å². The third kappa shape index (κ3) is 5.26. The van der Waals surface area contributed by atoms with Crippen molar-refractivity contribution >= 4 is 23.5 Å². The fourth-order valence-electron chi connectivity index (χ4n) is 2.44. The highest BCUT2D eigenvalue weighted by molar-refractivity contribution is 7.97. The summed E-state index contributed by atoms with van der Waals surface area (Å²) in [6.45, 7) is 1.60. The summed E-state index contributed by atoms with van der Waals surface area (Å²) < 4.78 is 43.7. The van der Waals surface area contributed by atoms with Crippen LogP contribution in [0.25, 0.3) is 0 Å². The number of hydrogen-bond donors (Lipinski definition) is 1. The van der Waals surface area contributed by atoms with Crippen molar-refractivity contribution in [3.8, 4) is 0 Å². The third-order valence-corrected chi connectivity index (χ3v) is 5.02. The molecule has 0 radical (unpaired) electrons. The molecule has 0 aliphatic carbocycles. The van der Waals surface area contributed by atoms with Crippen molar-refractivity contribution in [1.29, 1.82) is 0 Å². The summed E-state index contributed by atoms with van der Waals surface area (Å²) in [7, 11) is 0. The van der Waals surface area contributed by atoms with Gasteiger partial charge in [0.05, 0.1) is 6.61 Å². The molecule has 1 N–H and O–H groups in total. The SMILES string of the molecule is CCN(Sc1ccc(=O)n(CCO)c1)[C@H](c1ccc(Cl)cc1)C(F)(F)F. The van der Waals surface area contributed by atoms with E-state index in [0.717, 1.165) is 11.9 Å². The Bertz CT molecular complexity index is 781. The van der Waals surface area contributed by atoms with Gasteiger partial charge in [-0.3, -0.25) is 4.79 Å². The number of benzene rings is 1. The van der Waals surface area contributed by atoms with Gasteiger partial charge in [-0.05, 0) is 35.7 Å². The Hall–Kier alpha value is -1.48. The van der Waals surface area contributed by atoms with Gasteiger partial charge in [-0.2, -0.15) is 13.2 Å². The number of nitrogens with zero attached hydrogens (tertiary/aromatic N) is 2. The zero-order valence-electron chi connectivity index (χ0n) is 13.9. The zero-order valence-corrected chi connectivity index (χ0v) is 15.5. The van der Waals surface area contributed by atoms with Gasteiger partial charge in [0.1, 0.15) is 6.04 Å². The van der Waals surface area contributed by atoms with Crippen LogP contribution in [-0.4, -0.2) is 33.3 Å². The Morgan fingerprint density at radius 3 is 2.42 bits per heavy atom. The highest BCUT2D eigenvalue weighted by Crippen LogP contribution is 2.42. The Balaban J connectivity index is 2.35. The summed E-state index contributed by atoms with van der Waals surface area (Å²) in [6.07, 6.45) is -3.04. The number of aromatic nitrogens is 1. The number of rotatable bonds is 7. The van der Waals surface area contributed by atoms with Crippen molar-refractivity contribution in [3.63, 3.8) is 0 Å². The van der Waals surface area contributed by atoms with Crippen LogP contribution in [-0.2, 0) is 6.54 Å². The maximum atomic E-state index is 13.7. The van der Waals surface area contributed by atoms with Gasteiger partial charge in [0.15, 0.2) is 0 Å². The average molecular weight is 407 g/mol. The van der Waals surface area contributed by atoms with E-state index in [-0.39, 0.29) is 30.8 Å². The molecule has 4 nitrogen and oxygen atoms in total. The zero-order chi connectivity index (χ0) is 19.3. The first-order valence-electron chi connectivity index (χ1n) is 7.84. The predicted molar refractivity (Wildman–Crippen MR) is 96.3 cm³/mol. The smallest absolute Gasteiger partial charge is 0.395 e. The van der Waals surface area contributed by atoms with E-state index in [0.29, 0.717) is 9.92 Å². The van der Waals surface area contributed by atoms with Crippen LogP contribution in [0.15, 0.2) is 52.3 Å². The largest absolute Gasteiger partial charge is 0.408 e. The second-order valence-electron chi connectivity index (χ2n) is 5.44. The molecule has 0 spiro atoms. The van der Waals surface area contributed by atoms with E-state index in [1.807, 2.05) is 0 Å². The van der Waals surface area contributed by atoms with Gasteiger partial charge >= 0.3 is 6.18 Å². The molecule has 0 aliphatic heterocycles. The van der Waals surface area contributed by atoms with Crippen molar-refractivity contribution in [2.45, 2.75) is 30.6 Å². The molecule has 1 aromatic carbocycles. The fourth-order valence-corrected chi connectivity index (χ4v) is 3.62. The van der Waals surface area contributed by atoms with Crippen LogP contribution in [0.4, 0.5) is 13.2 Å². The molecule has 0 saturated carbocycles. The molecule has 0 bridgehead atoms. The highest BCUT2D eigenvalue weighted by Gasteiger charge is 2.44. The summed E-state index contributed by atoms with van der Waals surface area (Å²) >= 11 is 6.69. The van der Waals surface area contributed by atoms with Gasteiger partial charge < -0.3 is 9.67 Å². The van der Waals surface area contributed by atoms with Gasteiger partial charge in [-0.25, -0.2) is 4.31 Å². The van der Waals surface area contributed by atoms with E-state index in [1.165, 1.54) is 51.5 Å². The van der Waals surface area contributed by atoms with Gasteiger partial charge in [0.25, 0.3) is 5.56 Å². The molecule has 0 unspecified atom stereocenters. The van der Waals surface area contributed by atoms with Crippen molar-refractivity contribution in [3.05, 3.63) is 63.5 Å². The maximum absolute atomic E-state index is 13.7. The molecule has 0 aliphatic rings. The molecular formula is C17H18ClF3N2O2S. The number of pyridine rings is 1. The molecule has 0 amide bonds. The molecule has 9 heteroatoms. The molecule has 0 fully saturated rings. The van der Waals surface area contributed by atoms with E-state index in [2.05, 4.69) is 0 Å². The van der Waals surface area contributed by atoms with Gasteiger partial charge in [0, 0.05) is 35.3 Å². The first-order valence-corrected chi connectivity index (χ1v) is 8.99. The van der Waals surface area contributed by atoms with Crippen LogP contribution >= 0.6 is 23.5 Å². The van der Waals surface area contributed by atoms with E-state index in [4.69, 9.17) is 16.7 Å². The van der Waals surface area contributed by atoms with E-state index < -0.39 is 12.2 Å². The monoisotopic (exact) mass is 406 g/mol. The Morgan fingerprint density at radius 2 is 1.88 bits per heavy atom. The molecule has 142 valence electrons. The molecule has 26 heavy (non-hydrogen) atoms. The Morgan fingerprint density at radius 1 is 1.23 bits per heavy atom. The van der Waals surface area contributed by atoms with Crippen LogP contribution in [0.1, 0.15) is 18.5 Å². The fraction of sp³-hybridized carbons (Fsp3) is 0.353. The lowest BCUT2D eigenvalue weighted by Gasteiger charge is -2.31. The quantitative estimate of drug-likeness (QED) is 0.702. The lowest BCUT2D eigenvalue weighted by molar-refractivity contribution is -0.172. The molecule has 1 atom stereocenters. The second-order valence-corrected chi connectivity index (χ2v) is 7.00. The summed E-state index contributed by atoms with van der Waals surface area (Å²) in [5.41, 5.74) is -0.239. The van der Waals surface area contributed by atoms with Crippen LogP contribution in [0, 0.1) is 0 Å². The van der Waals surface area contributed by atoms with Crippen LogP contribution in [0.2, 0.25) is 5.02 Å². The molecule has 1 heterocycles. The normalized spacial score (nSPS) is 13.2. The van der Waals surface area contributed by atoms with E-state index in [1.54, 1.807) is 6.92 Å². The minimum absolute atomic E-state index is 0.0826. The van der Waals surface area contributed by atoms with Crippen LogP contribution in [0.5, 0.6) is 0 Å². The summed E-state index contributed by atoms with van der Waals surface area (Å²) in [5.74, 6) is 0. The topological polar surface area (TPSA) is 45.5 Å². The number of aliphatic hydroxyl groups is 1. The van der Waals surface area contributed by atoms with Crippen molar-refractivity contribution in [2.24, 2.45) is 0 Å². The van der Waals surface area contributed by atoms with Gasteiger partial charge in [-0.15, -0.1) is 0 Å². The van der Waals surface area contributed by atoms with Crippen LogP contribution < -0.4 is 5.56 Å². The number of aliphatic hydroxyl groups excluding tert-OH is 1. The Labute approximate surface area is 158 Å². The number of hydrogen-bond acceptors (Lipinski definition) is 4. The van der Waals surface area contributed by atoms with Crippen LogP contribution in [0.3, 0.4) is 0 Å². The summed E-state index contributed by atoms with van der Waals surface area (Å²) in [4.78, 5) is 12.2. The first-order chi connectivity index (χ1) is 12.3. The third-order valence-electron chi connectivity index (χ3n) is 3.62. The average Bonchev–Trinajstić information content (AvgIpc) is 2.58. The Kier molecular flexibility index (Phi) is 7.16. The standard InChI is InChI=1S/C17H18ClF3N2O2S/c1-2-23(26-14-7-8-15(25)22(11-14)9-10-24)16(17(19,20)21)12-3-5-13(18)6-4-12/h3-8,11,16,24H,2,9-10H2,1H3/t16-/m1/s1. The highest BCUT2D eigenvalue weighted by atomic mass is 35.5. The minimum atomic E-state index is -4.49. The molecule has 1 aromatic heterocycles. The summed E-state index contributed by atoms with van der Waals surface area (Å²) in [6, 6.07) is 6.49. The lowest BCUT2D eigenvalue weighted by Crippen LogP contribution is -2.34. The van der Waals surface area contributed by atoms with Crippen molar-refractivity contribution < 1.29 is 18.3 Å². The van der Waals surface area contributed by atoms with Crippen molar-refractivity contribution in [2.75, 3.05) is 13.2 Å². The van der Waals surface area contributed by atoms with E-state index in [9.17, 15) is 18.0 Å². The van der Waals surface area contributed by atoms with E-state index >= 15 is 0 Å². The summed E-state index contributed by atoms with van der Waals surface area (Å²) in [5, 5.41) is 9.36. The number of halogens is 4.